The summed E-state index contributed by atoms with van der Waals surface area (Å²) in [6.07, 6.45) is 3.63. The summed E-state index contributed by atoms with van der Waals surface area (Å²) >= 11 is 6.01. The van der Waals surface area contributed by atoms with Crippen molar-refractivity contribution in [3.63, 3.8) is 0 Å². The van der Waals surface area contributed by atoms with E-state index in [0.717, 1.165) is 33.3 Å². The van der Waals surface area contributed by atoms with E-state index in [1.165, 1.54) is 6.08 Å². The minimum absolute atomic E-state index is 0.147. The molecule has 2 N–H and O–H groups in total. The van der Waals surface area contributed by atoms with Gasteiger partial charge >= 0.3 is 0 Å². The lowest BCUT2D eigenvalue weighted by molar-refractivity contribution is -0.139. The second-order valence-electron chi connectivity index (χ2n) is 9.04. The lowest BCUT2D eigenvalue weighted by atomic mass is 9.87. The van der Waals surface area contributed by atoms with Gasteiger partial charge in [0, 0.05) is 41.2 Å². The Morgan fingerprint density at radius 2 is 1.84 bits per heavy atom. The van der Waals surface area contributed by atoms with Crippen LogP contribution in [0.25, 0.3) is 17.0 Å². The first-order valence-corrected chi connectivity index (χ1v) is 12.4. The number of para-hydroxylation sites is 1. The van der Waals surface area contributed by atoms with Crippen LogP contribution in [0.1, 0.15) is 28.4 Å². The van der Waals surface area contributed by atoms with Crippen molar-refractivity contribution in [3.8, 4) is 11.5 Å². The van der Waals surface area contributed by atoms with Gasteiger partial charge in [-0.3, -0.25) is 9.59 Å². The summed E-state index contributed by atoms with van der Waals surface area (Å²) in [5, 5.41) is 4.42. The van der Waals surface area contributed by atoms with Gasteiger partial charge in [0.1, 0.15) is 6.04 Å². The Morgan fingerprint density at radius 3 is 2.65 bits per heavy atom. The Bertz CT molecular complexity index is 1540. The van der Waals surface area contributed by atoms with Crippen molar-refractivity contribution in [1.29, 1.82) is 0 Å². The SMILES string of the molecule is CNC(=O)[C@H]1Cc2c([nH]c3ccccc23)[C@@H](c2ccc3c(c2)OCO3)N1C(=O)/C=C/c1ccc(Cl)cc1. The highest BCUT2D eigenvalue weighted by atomic mass is 35.5. The summed E-state index contributed by atoms with van der Waals surface area (Å²) in [5.74, 6) is 0.756. The maximum Gasteiger partial charge on any atom is 0.248 e. The summed E-state index contributed by atoms with van der Waals surface area (Å²) < 4.78 is 11.2. The molecule has 0 bridgehead atoms. The largest absolute Gasteiger partial charge is 0.454 e. The Hall–Kier alpha value is -4.23. The Morgan fingerprint density at radius 1 is 1.05 bits per heavy atom. The van der Waals surface area contributed by atoms with E-state index in [1.54, 1.807) is 30.2 Å². The van der Waals surface area contributed by atoms with Gasteiger partial charge in [0.05, 0.1) is 6.04 Å². The molecule has 4 aromatic rings. The van der Waals surface area contributed by atoms with Crippen LogP contribution in [-0.4, -0.2) is 41.6 Å². The number of amides is 2. The van der Waals surface area contributed by atoms with Crippen molar-refractivity contribution >= 4 is 40.4 Å². The smallest absolute Gasteiger partial charge is 0.248 e. The number of halogens is 1. The van der Waals surface area contributed by atoms with Crippen LogP contribution in [-0.2, 0) is 16.0 Å². The van der Waals surface area contributed by atoms with Crippen molar-refractivity contribution in [2.75, 3.05) is 13.8 Å². The van der Waals surface area contributed by atoms with Gasteiger partial charge < -0.3 is 24.7 Å². The fourth-order valence-electron chi connectivity index (χ4n) is 5.19. The molecule has 0 saturated heterocycles. The van der Waals surface area contributed by atoms with E-state index in [9.17, 15) is 9.59 Å². The Kier molecular flexibility index (Phi) is 5.85. The highest BCUT2D eigenvalue weighted by molar-refractivity contribution is 6.30. The molecule has 2 amide bonds. The van der Waals surface area contributed by atoms with Crippen LogP contribution in [0.5, 0.6) is 11.5 Å². The maximum atomic E-state index is 13.9. The van der Waals surface area contributed by atoms with Crippen LogP contribution in [0.2, 0.25) is 5.02 Å². The van der Waals surface area contributed by atoms with Crippen LogP contribution in [0.4, 0.5) is 0 Å². The molecule has 0 radical (unpaired) electrons. The molecule has 186 valence electrons. The van der Waals surface area contributed by atoms with Gasteiger partial charge in [0.15, 0.2) is 11.5 Å². The zero-order valence-corrected chi connectivity index (χ0v) is 20.8. The molecule has 6 rings (SSSR count). The first-order valence-electron chi connectivity index (χ1n) is 12.0. The topological polar surface area (TPSA) is 83.7 Å². The second-order valence-corrected chi connectivity index (χ2v) is 9.48. The lowest BCUT2D eigenvalue weighted by Crippen LogP contribution is -2.53. The van der Waals surface area contributed by atoms with Crippen molar-refractivity contribution in [3.05, 3.63) is 100 Å². The quantitative estimate of drug-likeness (QED) is 0.382. The van der Waals surface area contributed by atoms with Crippen LogP contribution < -0.4 is 14.8 Å². The number of fused-ring (bicyclic) bond motifs is 4. The van der Waals surface area contributed by atoms with E-state index in [1.807, 2.05) is 54.6 Å². The van der Waals surface area contributed by atoms with Gasteiger partial charge in [-0.15, -0.1) is 0 Å². The first kappa shape index (κ1) is 23.2. The molecule has 2 aliphatic heterocycles. The van der Waals surface area contributed by atoms with Crippen molar-refractivity contribution in [2.45, 2.75) is 18.5 Å². The predicted molar refractivity (Wildman–Crippen MR) is 142 cm³/mol. The third-order valence-corrected chi connectivity index (χ3v) is 7.19. The number of hydrogen-bond donors (Lipinski definition) is 2. The summed E-state index contributed by atoms with van der Waals surface area (Å²) in [5.41, 5.74) is 4.52. The molecule has 2 aliphatic rings. The van der Waals surface area contributed by atoms with Gasteiger partial charge in [-0.2, -0.15) is 0 Å². The third kappa shape index (κ3) is 4.11. The zero-order valence-electron chi connectivity index (χ0n) is 20.0. The number of aromatic amines is 1. The molecule has 0 fully saturated rings. The van der Waals surface area contributed by atoms with Gasteiger partial charge in [-0.05, 0) is 53.1 Å². The van der Waals surface area contributed by atoms with E-state index in [-0.39, 0.29) is 18.6 Å². The van der Waals surface area contributed by atoms with Crippen molar-refractivity contribution in [2.24, 2.45) is 0 Å². The molecule has 0 unspecified atom stereocenters. The molecule has 8 heteroatoms. The molecule has 0 spiro atoms. The van der Waals surface area contributed by atoms with E-state index in [2.05, 4.69) is 10.3 Å². The fraction of sp³-hybridized carbons (Fsp3) is 0.172. The molecule has 3 heterocycles. The number of ether oxygens (including phenoxy) is 2. The normalized spacial score (nSPS) is 18.3. The summed E-state index contributed by atoms with van der Waals surface area (Å²) in [6, 6.07) is 19.6. The highest BCUT2D eigenvalue weighted by Gasteiger charge is 2.43. The van der Waals surface area contributed by atoms with Gasteiger partial charge in [0.2, 0.25) is 18.6 Å². The molecule has 0 saturated carbocycles. The van der Waals surface area contributed by atoms with E-state index in [0.29, 0.717) is 22.9 Å². The number of carbonyl (C=O) groups excluding carboxylic acids is 2. The number of nitrogens with zero attached hydrogens (tertiary/aromatic N) is 1. The van der Waals surface area contributed by atoms with Crippen LogP contribution in [0.3, 0.4) is 0 Å². The second kappa shape index (κ2) is 9.33. The first-order chi connectivity index (χ1) is 18.0. The molecule has 1 aromatic heterocycles. The minimum Gasteiger partial charge on any atom is -0.454 e. The highest BCUT2D eigenvalue weighted by Crippen LogP contribution is 2.44. The molecule has 0 aliphatic carbocycles. The summed E-state index contributed by atoms with van der Waals surface area (Å²) in [7, 11) is 1.59. The number of benzene rings is 3. The van der Waals surface area contributed by atoms with Crippen LogP contribution in [0, 0.1) is 0 Å². The lowest BCUT2D eigenvalue weighted by Gasteiger charge is -2.41. The molecular formula is C29H24ClN3O4. The maximum absolute atomic E-state index is 13.9. The van der Waals surface area contributed by atoms with E-state index in [4.69, 9.17) is 21.1 Å². The number of aromatic nitrogens is 1. The van der Waals surface area contributed by atoms with Gasteiger partial charge in [-0.1, -0.05) is 48.0 Å². The number of carbonyl (C=O) groups is 2. The number of hydrogen-bond acceptors (Lipinski definition) is 4. The van der Waals surface area contributed by atoms with Gasteiger partial charge in [-0.25, -0.2) is 0 Å². The zero-order chi connectivity index (χ0) is 25.5. The number of likely N-dealkylation sites (N-methyl/N-ethyl adjacent to an activating group) is 1. The average Bonchev–Trinajstić information content (AvgIpc) is 3.55. The van der Waals surface area contributed by atoms with Crippen LogP contribution in [0.15, 0.2) is 72.8 Å². The van der Waals surface area contributed by atoms with E-state index >= 15 is 0 Å². The Labute approximate surface area is 218 Å². The van der Waals surface area contributed by atoms with Crippen molar-refractivity contribution < 1.29 is 19.1 Å². The van der Waals surface area contributed by atoms with Gasteiger partial charge in [0.25, 0.3) is 0 Å². The fourth-order valence-corrected chi connectivity index (χ4v) is 5.32. The number of nitrogens with one attached hydrogen (secondary N) is 2. The van der Waals surface area contributed by atoms with E-state index < -0.39 is 12.1 Å². The Balaban J connectivity index is 1.50. The molecule has 37 heavy (non-hydrogen) atoms. The van der Waals surface area contributed by atoms with Crippen molar-refractivity contribution in [1.82, 2.24) is 15.2 Å². The summed E-state index contributed by atoms with van der Waals surface area (Å²) in [6.45, 7) is 0.147. The standard InChI is InChI=1S/C29H24ClN3O4/c1-31-29(35)23-15-21-20-4-2-3-5-22(20)32-27(21)28(18-9-12-24-25(14-18)37-16-36-24)33(23)26(34)13-8-17-6-10-19(30)11-7-17/h2-14,23,28,32H,15-16H2,1H3,(H,31,35)/b13-8+/t23-,28-/m1/s1. The molecule has 3 aromatic carbocycles. The number of H-pyrrole nitrogens is 1. The predicted octanol–water partition coefficient (Wildman–Crippen LogP) is 4.85. The van der Waals surface area contributed by atoms with Crippen LogP contribution >= 0.6 is 11.6 Å². The molecule has 2 atom stereocenters. The number of rotatable bonds is 4. The minimum atomic E-state index is -0.713. The third-order valence-electron chi connectivity index (χ3n) is 6.94. The molecular weight excluding hydrogens is 490 g/mol. The summed E-state index contributed by atoms with van der Waals surface area (Å²) in [4.78, 5) is 32.3. The average molecular weight is 514 g/mol. The molecule has 7 nitrogen and oxygen atoms in total. The monoisotopic (exact) mass is 513 g/mol.